The molecule has 0 aliphatic carbocycles. The molecular formula is C9H18N6O3S. The average molecular weight is 290 g/mol. The molecule has 1 heterocycles. The van der Waals surface area contributed by atoms with Crippen molar-refractivity contribution in [1.29, 1.82) is 0 Å². The summed E-state index contributed by atoms with van der Waals surface area (Å²) in [5.41, 5.74) is 5.51. The first kappa shape index (κ1) is 15.4. The van der Waals surface area contributed by atoms with Gasteiger partial charge in [0.25, 0.3) is 0 Å². The van der Waals surface area contributed by atoms with Gasteiger partial charge in [-0.3, -0.25) is 0 Å². The topological polar surface area (TPSA) is 132 Å². The molecule has 19 heavy (non-hydrogen) atoms. The molecule has 0 saturated heterocycles. The van der Waals surface area contributed by atoms with Crippen molar-refractivity contribution >= 4 is 21.9 Å². The van der Waals surface area contributed by atoms with Crippen LogP contribution < -0.4 is 20.5 Å². The zero-order chi connectivity index (χ0) is 14.3. The predicted octanol–water partition coefficient (Wildman–Crippen LogP) is -0.796. The van der Waals surface area contributed by atoms with E-state index in [2.05, 4.69) is 25.0 Å². The molecule has 0 saturated carbocycles. The maximum atomic E-state index is 10.8. The molecule has 4 N–H and O–H groups in total. The highest BCUT2D eigenvalue weighted by atomic mass is 32.2. The van der Waals surface area contributed by atoms with E-state index in [1.165, 1.54) is 0 Å². The number of anilines is 2. The number of nitrogens with one attached hydrogen (secondary N) is 2. The number of rotatable bonds is 8. The Morgan fingerprint density at radius 2 is 2.00 bits per heavy atom. The quantitative estimate of drug-likeness (QED) is 0.530. The van der Waals surface area contributed by atoms with Crippen LogP contribution in [0.15, 0.2) is 0 Å². The molecule has 0 radical (unpaired) electrons. The van der Waals surface area contributed by atoms with Crippen LogP contribution in [-0.4, -0.2) is 49.3 Å². The molecule has 1 aromatic heterocycles. The lowest BCUT2D eigenvalue weighted by Gasteiger charge is -2.07. The van der Waals surface area contributed by atoms with Crippen LogP contribution in [0.4, 0.5) is 11.9 Å². The number of nitrogen functional groups attached to an aromatic ring is 1. The van der Waals surface area contributed by atoms with Gasteiger partial charge in [-0.25, -0.2) is 13.1 Å². The highest BCUT2D eigenvalue weighted by Crippen LogP contribution is 2.08. The Morgan fingerprint density at radius 3 is 2.63 bits per heavy atom. The first-order valence-corrected chi connectivity index (χ1v) is 7.62. The summed E-state index contributed by atoms with van der Waals surface area (Å²) in [4.78, 5) is 11.7. The summed E-state index contributed by atoms with van der Waals surface area (Å²) in [6.45, 7) is 2.98. The molecule has 0 aliphatic rings. The van der Waals surface area contributed by atoms with E-state index < -0.39 is 10.0 Å². The summed E-state index contributed by atoms with van der Waals surface area (Å²) in [5, 5.41) is 2.83. The minimum absolute atomic E-state index is 0.0414. The third-order valence-electron chi connectivity index (χ3n) is 1.84. The molecule has 1 rings (SSSR count). The van der Waals surface area contributed by atoms with Crippen molar-refractivity contribution in [1.82, 2.24) is 19.7 Å². The van der Waals surface area contributed by atoms with Crippen LogP contribution >= 0.6 is 0 Å². The highest BCUT2D eigenvalue weighted by Gasteiger charge is 2.05. The van der Waals surface area contributed by atoms with Crippen LogP contribution in [0.1, 0.15) is 13.3 Å². The number of nitrogens with zero attached hydrogens (tertiary/aromatic N) is 3. The molecule has 108 valence electrons. The third-order valence-corrected chi connectivity index (χ3v) is 2.57. The van der Waals surface area contributed by atoms with Crippen molar-refractivity contribution in [3.8, 4) is 6.01 Å². The van der Waals surface area contributed by atoms with E-state index >= 15 is 0 Å². The zero-order valence-electron chi connectivity index (χ0n) is 10.9. The highest BCUT2D eigenvalue weighted by molar-refractivity contribution is 7.88. The average Bonchev–Trinajstić information content (AvgIpc) is 2.30. The fourth-order valence-electron chi connectivity index (χ4n) is 1.12. The van der Waals surface area contributed by atoms with E-state index in [0.717, 1.165) is 12.7 Å². The van der Waals surface area contributed by atoms with Gasteiger partial charge in [-0.15, -0.1) is 0 Å². The standard InChI is InChI=1S/C9H18N6O3S/c1-3-6-18-9-14-7(10)13-8(15-9)11-4-5-12-19(2,16)17/h12H,3-6H2,1-2H3,(H3,10,11,13,14,15). The van der Waals surface area contributed by atoms with Gasteiger partial charge in [0.05, 0.1) is 12.9 Å². The summed E-state index contributed by atoms with van der Waals surface area (Å²) in [5.74, 6) is 0.286. The first-order chi connectivity index (χ1) is 8.90. The molecule has 0 bridgehead atoms. The van der Waals surface area contributed by atoms with E-state index in [9.17, 15) is 8.42 Å². The van der Waals surface area contributed by atoms with E-state index in [0.29, 0.717) is 13.2 Å². The van der Waals surface area contributed by atoms with Crippen LogP contribution in [-0.2, 0) is 10.0 Å². The Kier molecular flexibility index (Phi) is 5.70. The van der Waals surface area contributed by atoms with Gasteiger partial charge in [-0.05, 0) is 6.42 Å². The second-order valence-corrected chi connectivity index (χ2v) is 5.57. The van der Waals surface area contributed by atoms with E-state index in [-0.39, 0.29) is 24.5 Å². The lowest BCUT2D eigenvalue weighted by atomic mass is 10.5. The number of sulfonamides is 1. The van der Waals surface area contributed by atoms with Gasteiger partial charge in [0.1, 0.15) is 0 Å². The van der Waals surface area contributed by atoms with Crippen LogP contribution in [0.3, 0.4) is 0 Å². The minimum Gasteiger partial charge on any atom is -0.463 e. The van der Waals surface area contributed by atoms with Crippen LogP contribution in [0, 0.1) is 0 Å². The number of hydrogen-bond donors (Lipinski definition) is 3. The molecule has 1 aromatic rings. The van der Waals surface area contributed by atoms with E-state index in [1.54, 1.807) is 0 Å². The van der Waals surface area contributed by atoms with Crippen molar-refractivity contribution in [2.24, 2.45) is 0 Å². The molecular weight excluding hydrogens is 272 g/mol. The maximum Gasteiger partial charge on any atom is 0.323 e. The normalized spacial score (nSPS) is 11.3. The number of nitrogens with two attached hydrogens (primary N) is 1. The van der Waals surface area contributed by atoms with Gasteiger partial charge in [0, 0.05) is 13.1 Å². The van der Waals surface area contributed by atoms with Crippen molar-refractivity contribution in [3.05, 3.63) is 0 Å². The smallest absolute Gasteiger partial charge is 0.323 e. The Morgan fingerprint density at radius 1 is 1.26 bits per heavy atom. The maximum absolute atomic E-state index is 10.8. The van der Waals surface area contributed by atoms with Crippen LogP contribution in [0.5, 0.6) is 6.01 Å². The predicted molar refractivity (Wildman–Crippen MR) is 71.4 cm³/mol. The number of aromatic nitrogens is 3. The largest absolute Gasteiger partial charge is 0.463 e. The van der Waals surface area contributed by atoms with Gasteiger partial charge in [-0.2, -0.15) is 15.0 Å². The van der Waals surface area contributed by atoms with Crippen molar-refractivity contribution in [3.63, 3.8) is 0 Å². The third kappa shape index (κ3) is 6.72. The zero-order valence-corrected chi connectivity index (χ0v) is 11.7. The molecule has 10 heteroatoms. The van der Waals surface area contributed by atoms with Gasteiger partial charge < -0.3 is 15.8 Å². The summed E-state index contributed by atoms with van der Waals surface area (Å²) in [6, 6.07) is 0.146. The fraction of sp³-hybridized carbons (Fsp3) is 0.667. The van der Waals surface area contributed by atoms with Gasteiger partial charge >= 0.3 is 6.01 Å². The minimum atomic E-state index is -3.20. The lowest BCUT2D eigenvalue weighted by molar-refractivity contribution is 0.292. The van der Waals surface area contributed by atoms with Crippen molar-refractivity contribution in [2.75, 3.05) is 37.0 Å². The van der Waals surface area contributed by atoms with E-state index in [1.807, 2.05) is 6.92 Å². The second-order valence-electron chi connectivity index (χ2n) is 3.74. The molecule has 0 aliphatic heterocycles. The van der Waals surface area contributed by atoms with Gasteiger partial charge in [-0.1, -0.05) is 6.92 Å². The molecule has 0 aromatic carbocycles. The Bertz CT molecular complexity index is 507. The van der Waals surface area contributed by atoms with Crippen LogP contribution in [0.25, 0.3) is 0 Å². The lowest BCUT2D eigenvalue weighted by Crippen LogP contribution is -2.28. The summed E-state index contributed by atoms with van der Waals surface area (Å²) in [6.07, 6.45) is 1.91. The monoisotopic (exact) mass is 290 g/mol. The number of hydrogen-bond acceptors (Lipinski definition) is 8. The summed E-state index contributed by atoms with van der Waals surface area (Å²) >= 11 is 0. The Labute approximate surface area is 112 Å². The first-order valence-electron chi connectivity index (χ1n) is 5.73. The molecule has 0 atom stereocenters. The molecule has 9 nitrogen and oxygen atoms in total. The summed E-state index contributed by atoms with van der Waals surface area (Å²) < 4.78 is 29.3. The van der Waals surface area contributed by atoms with Gasteiger partial charge in [0.2, 0.25) is 21.9 Å². The van der Waals surface area contributed by atoms with Crippen molar-refractivity contribution < 1.29 is 13.2 Å². The number of ether oxygens (including phenoxy) is 1. The molecule has 0 unspecified atom stereocenters. The fourth-order valence-corrected chi connectivity index (χ4v) is 1.59. The Hall–Kier alpha value is -1.68. The molecule has 0 spiro atoms. The SMILES string of the molecule is CCCOc1nc(N)nc(NCCNS(C)(=O)=O)n1. The van der Waals surface area contributed by atoms with E-state index in [4.69, 9.17) is 10.5 Å². The summed E-state index contributed by atoms with van der Waals surface area (Å²) in [7, 11) is -3.20. The molecule has 0 amide bonds. The van der Waals surface area contributed by atoms with Crippen LogP contribution in [0.2, 0.25) is 0 Å². The van der Waals surface area contributed by atoms with Crippen molar-refractivity contribution in [2.45, 2.75) is 13.3 Å². The molecule has 0 fully saturated rings. The van der Waals surface area contributed by atoms with Gasteiger partial charge in [0.15, 0.2) is 0 Å². The second kappa shape index (κ2) is 7.04. The Balaban J connectivity index is 2.51.